The molecule has 2 aromatic carbocycles. The highest BCUT2D eigenvalue weighted by atomic mass is 16.7. The molecule has 0 atom stereocenters. The first kappa shape index (κ1) is 17.5. The smallest absolute Gasteiger partial charge is 0.244 e. The molecule has 3 rings (SSSR count). The summed E-state index contributed by atoms with van der Waals surface area (Å²) in [5.41, 5.74) is 4.48. The van der Waals surface area contributed by atoms with Crippen molar-refractivity contribution in [1.29, 1.82) is 0 Å². The van der Waals surface area contributed by atoms with Crippen LogP contribution in [0.5, 0.6) is 11.5 Å². The summed E-state index contributed by atoms with van der Waals surface area (Å²) in [5.74, 6) is 0.789. The lowest BCUT2D eigenvalue weighted by Gasteiger charge is -2.06. The molecule has 2 N–H and O–H groups in total. The average Bonchev–Trinajstić information content (AvgIpc) is 3.08. The zero-order valence-corrected chi connectivity index (χ0v) is 14.3. The van der Waals surface area contributed by atoms with Gasteiger partial charge in [0.25, 0.3) is 0 Å². The van der Waals surface area contributed by atoms with E-state index >= 15 is 0 Å². The van der Waals surface area contributed by atoms with E-state index in [9.17, 15) is 9.59 Å². The quantitative estimate of drug-likeness (QED) is 0.617. The average molecular weight is 353 g/mol. The van der Waals surface area contributed by atoms with E-state index in [1.807, 2.05) is 30.3 Å². The van der Waals surface area contributed by atoms with Crippen LogP contribution in [-0.2, 0) is 16.0 Å². The number of ether oxygens (including phenoxy) is 2. The predicted octanol–water partition coefficient (Wildman–Crippen LogP) is 2.48. The number of benzene rings is 2. The molecule has 0 fully saturated rings. The monoisotopic (exact) mass is 353 g/mol. The molecule has 1 aliphatic heterocycles. The van der Waals surface area contributed by atoms with Crippen LogP contribution in [-0.4, -0.2) is 24.3 Å². The van der Waals surface area contributed by atoms with Crippen LogP contribution in [0.2, 0.25) is 0 Å². The van der Waals surface area contributed by atoms with Crippen LogP contribution in [0.1, 0.15) is 18.9 Å². The molecule has 0 saturated carbocycles. The largest absolute Gasteiger partial charge is 0.454 e. The van der Waals surface area contributed by atoms with Crippen LogP contribution in [0.3, 0.4) is 0 Å². The Morgan fingerprint density at radius 2 is 1.81 bits per heavy atom. The van der Waals surface area contributed by atoms with Gasteiger partial charge < -0.3 is 14.8 Å². The second kappa shape index (κ2) is 8.15. The van der Waals surface area contributed by atoms with Crippen LogP contribution in [0.4, 0.5) is 5.69 Å². The topological polar surface area (TPSA) is 89.0 Å². The van der Waals surface area contributed by atoms with E-state index < -0.39 is 0 Å². The number of hydrogen-bond acceptors (Lipinski definition) is 5. The van der Waals surface area contributed by atoms with Gasteiger partial charge >= 0.3 is 0 Å². The highest BCUT2D eigenvalue weighted by Gasteiger charge is 2.14. The first-order chi connectivity index (χ1) is 12.6. The summed E-state index contributed by atoms with van der Waals surface area (Å²) in [5, 5.41) is 6.73. The van der Waals surface area contributed by atoms with Crippen molar-refractivity contribution >= 4 is 23.2 Å². The van der Waals surface area contributed by atoms with E-state index in [-0.39, 0.29) is 31.4 Å². The third-order valence-corrected chi connectivity index (χ3v) is 3.65. The Balaban J connectivity index is 1.47. The lowest BCUT2D eigenvalue weighted by molar-refractivity contribution is -0.120. The number of fused-ring (bicyclic) bond motifs is 1. The maximum atomic E-state index is 12.1. The Hall–Kier alpha value is -3.35. The molecule has 0 radical (unpaired) electrons. The van der Waals surface area contributed by atoms with Gasteiger partial charge in [0.15, 0.2) is 11.5 Å². The van der Waals surface area contributed by atoms with Crippen molar-refractivity contribution in [3.63, 3.8) is 0 Å². The molecule has 0 saturated heterocycles. The molecule has 7 heteroatoms. The fraction of sp³-hybridized carbons (Fsp3) is 0.211. The molecule has 0 bridgehead atoms. The number of nitrogens with zero attached hydrogens (tertiary/aromatic N) is 1. The van der Waals surface area contributed by atoms with Gasteiger partial charge in [-0.1, -0.05) is 30.3 Å². The van der Waals surface area contributed by atoms with E-state index in [0.29, 0.717) is 22.9 Å². The Morgan fingerprint density at radius 3 is 2.62 bits per heavy atom. The fourth-order valence-corrected chi connectivity index (χ4v) is 2.43. The number of hydrazone groups is 1. The summed E-state index contributed by atoms with van der Waals surface area (Å²) < 4.78 is 10.5. The summed E-state index contributed by atoms with van der Waals surface area (Å²) in [4.78, 5) is 23.9. The van der Waals surface area contributed by atoms with Gasteiger partial charge in [-0.15, -0.1) is 0 Å². The first-order valence-electron chi connectivity index (χ1n) is 8.15. The van der Waals surface area contributed by atoms with Crippen molar-refractivity contribution in [2.24, 2.45) is 5.10 Å². The fourth-order valence-electron chi connectivity index (χ4n) is 2.43. The summed E-state index contributed by atoms with van der Waals surface area (Å²) in [6.45, 7) is 1.86. The minimum atomic E-state index is -0.234. The first-order valence-corrected chi connectivity index (χ1v) is 8.15. The lowest BCUT2D eigenvalue weighted by Crippen LogP contribution is -2.22. The summed E-state index contributed by atoms with van der Waals surface area (Å²) in [7, 11) is 0. The Bertz CT molecular complexity index is 834. The van der Waals surface area contributed by atoms with Crippen LogP contribution >= 0.6 is 0 Å². The molecule has 0 unspecified atom stereocenters. The van der Waals surface area contributed by atoms with E-state index in [0.717, 1.165) is 5.56 Å². The summed E-state index contributed by atoms with van der Waals surface area (Å²) in [6, 6.07) is 14.6. The third kappa shape index (κ3) is 4.83. The van der Waals surface area contributed by atoms with Crippen molar-refractivity contribution in [3.05, 3.63) is 54.1 Å². The molecular formula is C19H19N3O4. The summed E-state index contributed by atoms with van der Waals surface area (Å²) in [6.07, 6.45) is 0.307. The molecule has 0 aromatic heterocycles. The number of hydrogen-bond donors (Lipinski definition) is 2. The van der Waals surface area contributed by atoms with Crippen LogP contribution < -0.4 is 20.2 Å². The lowest BCUT2D eigenvalue weighted by atomic mass is 10.1. The predicted molar refractivity (Wildman–Crippen MR) is 97.2 cm³/mol. The Kier molecular flexibility index (Phi) is 5.48. The number of anilines is 1. The van der Waals surface area contributed by atoms with Crippen molar-refractivity contribution < 1.29 is 19.1 Å². The molecule has 7 nitrogen and oxygen atoms in total. The minimum absolute atomic E-state index is 0.0695. The normalized spacial score (nSPS) is 12.6. The number of nitrogens with one attached hydrogen (secondary N) is 2. The van der Waals surface area contributed by atoms with Gasteiger partial charge in [-0.3, -0.25) is 9.59 Å². The zero-order chi connectivity index (χ0) is 18.4. The van der Waals surface area contributed by atoms with Gasteiger partial charge in [0.05, 0.1) is 12.8 Å². The van der Waals surface area contributed by atoms with Gasteiger partial charge in [-0.2, -0.15) is 5.10 Å². The zero-order valence-electron chi connectivity index (χ0n) is 14.3. The number of carbonyl (C=O) groups excluding carboxylic acids is 2. The van der Waals surface area contributed by atoms with E-state index in [2.05, 4.69) is 15.8 Å². The minimum Gasteiger partial charge on any atom is -0.454 e. The number of amides is 2. The van der Waals surface area contributed by atoms with Crippen LogP contribution in [0.25, 0.3) is 0 Å². The molecule has 0 spiro atoms. The summed E-state index contributed by atoms with van der Waals surface area (Å²) >= 11 is 0. The molecule has 134 valence electrons. The maximum absolute atomic E-state index is 12.1. The van der Waals surface area contributed by atoms with E-state index in [1.54, 1.807) is 25.1 Å². The molecule has 1 heterocycles. The molecular weight excluding hydrogens is 334 g/mol. The van der Waals surface area contributed by atoms with Crippen molar-refractivity contribution in [2.75, 3.05) is 12.1 Å². The standard InChI is InChI=1S/C19H19N3O4/c1-13(21-22-19(24)10-14-5-3-2-4-6-14)9-18(23)20-15-7-8-16-17(11-15)26-12-25-16/h2-8,11H,9-10,12H2,1H3,(H,20,23)(H,22,24)/b21-13+. The Morgan fingerprint density at radius 1 is 1.04 bits per heavy atom. The molecule has 1 aliphatic rings. The maximum Gasteiger partial charge on any atom is 0.244 e. The molecule has 2 aromatic rings. The number of carbonyl (C=O) groups is 2. The molecule has 26 heavy (non-hydrogen) atoms. The van der Waals surface area contributed by atoms with Gasteiger partial charge in [0.2, 0.25) is 18.6 Å². The number of rotatable bonds is 6. The van der Waals surface area contributed by atoms with Crippen LogP contribution in [0, 0.1) is 0 Å². The van der Waals surface area contributed by atoms with Crippen molar-refractivity contribution in [1.82, 2.24) is 5.43 Å². The van der Waals surface area contributed by atoms with Gasteiger partial charge in [0.1, 0.15) is 0 Å². The van der Waals surface area contributed by atoms with Crippen molar-refractivity contribution in [2.45, 2.75) is 19.8 Å². The Labute approximate surface area is 151 Å². The van der Waals surface area contributed by atoms with Gasteiger partial charge in [0, 0.05) is 17.5 Å². The van der Waals surface area contributed by atoms with E-state index in [1.165, 1.54) is 0 Å². The second-order valence-corrected chi connectivity index (χ2v) is 5.84. The van der Waals surface area contributed by atoms with Crippen LogP contribution in [0.15, 0.2) is 53.6 Å². The van der Waals surface area contributed by atoms with Gasteiger partial charge in [-0.25, -0.2) is 5.43 Å². The highest BCUT2D eigenvalue weighted by Crippen LogP contribution is 2.34. The molecule has 2 amide bonds. The van der Waals surface area contributed by atoms with Gasteiger partial charge in [-0.05, 0) is 24.6 Å². The highest BCUT2D eigenvalue weighted by molar-refractivity contribution is 6.05. The SMILES string of the molecule is C/C(CC(=O)Nc1ccc2c(c1)OCO2)=N\NC(=O)Cc1ccccc1. The second-order valence-electron chi connectivity index (χ2n) is 5.84. The molecule has 0 aliphatic carbocycles. The third-order valence-electron chi connectivity index (χ3n) is 3.65. The van der Waals surface area contributed by atoms with Crippen molar-refractivity contribution in [3.8, 4) is 11.5 Å². The van der Waals surface area contributed by atoms with E-state index in [4.69, 9.17) is 9.47 Å².